The van der Waals surface area contributed by atoms with Crippen LogP contribution in [0, 0.1) is 6.07 Å². The van der Waals surface area contributed by atoms with Gasteiger partial charge < -0.3 is 0 Å². The van der Waals surface area contributed by atoms with Crippen LogP contribution in [0.1, 0.15) is 22.3 Å². The van der Waals surface area contributed by atoms with Crippen LogP contribution in [-0.2, 0) is 6.42 Å². The predicted molar refractivity (Wildman–Crippen MR) is 37.9 cm³/mol. The Bertz CT molecular complexity index is 276. The summed E-state index contributed by atoms with van der Waals surface area (Å²) in [6, 6.07) is 8.52. The molecule has 0 heterocycles. The Balaban J connectivity index is 2.61. The highest BCUT2D eigenvalue weighted by atomic mass is 16.1. The van der Waals surface area contributed by atoms with Gasteiger partial charge in [0.15, 0.2) is 5.78 Å². The van der Waals surface area contributed by atoms with E-state index in [1.165, 1.54) is 5.56 Å². The first-order valence-electron chi connectivity index (χ1n) is 3.40. The molecule has 49 valence electrons. The number of ketones is 1. The molecule has 0 amide bonds. The smallest absolute Gasteiger partial charge is 0.163 e. The van der Waals surface area contributed by atoms with E-state index in [0.29, 0.717) is 6.42 Å². The van der Waals surface area contributed by atoms with Crippen molar-refractivity contribution in [2.75, 3.05) is 0 Å². The van der Waals surface area contributed by atoms with Gasteiger partial charge in [-0.25, -0.2) is 0 Å². The molecule has 2 rings (SSSR count). The third kappa shape index (κ3) is 0.670. The lowest BCUT2D eigenvalue weighted by Gasteiger charge is -1.91. The van der Waals surface area contributed by atoms with Gasteiger partial charge in [-0.15, -0.1) is 0 Å². The number of hydrogen-bond acceptors (Lipinski definition) is 1. The maximum absolute atomic E-state index is 11.0. The second-order valence-corrected chi connectivity index (χ2v) is 2.51. The largest absolute Gasteiger partial charge is 0.294 e. The third-order valence-electron chi connectivity index (χ3n) is 1.88. The van der Waals surface area contributed by atoms with Crippen molar-refractivity contribution in [3.63, 3.8) is 0 Å². The van der Waals surface area contributed by atoms with Gasteiger partial charge in [0.25, 0.3) is 0 Å². The summed E-state index contributed by atoms with van der Waals surface area (Å²) < 4.78 is 0. The molecule has 0 fully saturated rings. The molecule has 0 spiro atoms. The highest BCUT2D eigenvalue weighted by Crippen LogP contribution is 2.20. The summed E-state index contributed by atoms with van der Waals surface area (Å²) in [6.07, 6.45) is 1.61. The average molecular weight is 131 g/mol. The maximum Gasteiger partial charge on any atom is 0.163 e. The van der Waals surface area contributed by atoms with E-state index in [9.17, 15) is 4.79 Å². The van der Waals surface area contributed by atoms with E-state index in [2.05, 4.69) is 6.07 Å². The van der Waals surface area contributed by atoms with Gasteiger partial charge in [0.2, 0.25) is 0 Å². The molecule has 0 N–H and O–H groups in total. The molecule has 1 aliphatic rings. The lowest BCUT2D eigenvalue weighted by molar-refractivity contribution is 0.0994. The van der Waals surface area contributed by atoms with E-state index in [4.69, 9.17) is 0 Å². The van der Waals surface area contributed by atoms with Crippen molar-refractivity contribution < 1.29 is 4.79 Å². The summed E-state index contributed by atoms with van der Waals surface area (Å²) in [7, 11) is 0. The molecule has 1 aromatic carbocycles. The fourth-order valence-corrected chi connectivity index (χ4v) is 1.32. The summed E-state index contributed by atoms with van der Waals surface area (Å²) in [5, 5.41) is 0. The average Bonchev–Trinajstić information content (AvgIpc) is 2.34. The van der Waals surface area contributed by atoms with Crippen molar-refractivity contribution in [3.05, 3.63) is 35.4 Å². The van der Waals surface area contributed by atoms with Crippen LogP contribution in [0.3, 0.4) is 0 Å². The van der Waals surface area contributed by atoms with E-state index in [1.807, 2.05) is 12.1 Å². The van der Waals surface area contributed by atoms with Crippen molar-refractivity contribution in [2.45, 2.75) is 12.8 Å². The molecular weight excluding hydrogens is 124 g/mol. The molecule has 0 saturated heterocycles. The Morgan fingerprint density at radius 3 is 3.10 bits per heavy atom. The van der Waals surface area contributed by atoms with E-state index in [-0.39, 0.29) is 5.78 Å². The van der Waals surface area contributed by atoms with Crippen molar-refractivity contribution >= 4 is 5.78 Å². The van der Waals surface area contributed by atoms with Gasteiger partial charge in [-0.2, -0.15) is 0 Å². The first kappa shape index (κ1) is 5.66. The Morgan fingerprint density at radius 1 is 1.40 bits per heavy atom. The summed E-state index contributed by atoms with van der Waals surface area (Å²) in [5.74, 6) is 0.270. The zero-order valence-corrected chi connectivity index (χ0v) is 5.55. The van der Waals surface area contributed by atoms with E-state index >= 15 is 0 Å². The van der Waals surface area contributed by atoms with E-state index in [0.717, 1.165) is 12.0 Å². The summed E-state index contributed by atoms with van der Waals surface area (Å²) in [4.78, 5) is 11.0. The maximum atomic E-state index is 11.0. The molecule has 10 heavy (non-hydrogen) atoms. The Hall–Kier alpha value is -1.11. The van der Waals surface area contributed by atoms with Crippen LogP contribution in [0.4, 0.5) is 0 Å². The lowest BCUT2D eigenvalue weighted by atomic mass is 10.1. The molecule has 0 unspecified atom stereocenters. The zero-order valence-electron chi connectivity index (χ0n) is 5.55. The van der Waals surface area contributed by atoms with Crippen LogP contribution in [0.2, 0.25) is 0 Å². The summed E-state index contributed by atoms with van der Waals surface area (Å²) >= 11 is 0. The third-order valence-corrected chi connectivity index (χ3v) is 1.88. The molecule has 0 atom stereocenters. The fraction of sp³-hybridized carbons (Fsp3) is 0.222. The van der Waals surface area contributed by atoms with Crippen LogP contribution in [0.5, 0.6) is 0 Å². The second-order valence-electron chi connectivity index (χ2n) is 2.51. The molecule has 1 heteroatoms. The number of Topliss-reactive ketones (excluding diaryl/α,β-unsaturated/α-hetero) is 1. The van der Waals surface area contributed by atoms with Crippen LogP contribution < -0.4 is 0 Å². The molecule has 0 aliphatic heterocycles. The van der Waals surface area contributed by atoms with Gasteiger partial charge >= 0.3 is 0 Å². The first-order valence-corrected chi connectivity index (χ1v) is 3.40. The van der Waals surface area contributed by atoms with Crippen LogP contribution in [0.15, 0.2) is 18.2 Å². The van der Waals surface area contributed by atoms with E-state index in [1.54, 1.807) is 6.07 Å². The van der Waals surface area contributed by atoms with Crippen molar-refractivity contribution in [2.24, 2.45) is 0 Å². The van der Waals surface area contributed by atoms with Crippen LogP contribution >= 0.6 is 0 Å². The Kier molecular flexibility index (Phi) is 1.10. The normalized spacial score (nSPS) is 15.4. The van der Waals surface area contributed by atoms with Crippen LogP contribution in [-0.4, -0.2) is 5.78 Å². The first-order chi connectivity index (χ1) is 4.88. The molecule has 0 bridgehead atoms. The van der Waals surface area contributed by atoms with Gasteiger partial charge in [0.1, 0.15) is 0 Å². The number of benzene rings is 1. The quantitative estimate of drug-likeness (QED) is 0.522. The van der Waals surface area contributed by atoms with Crippen molar-refractivity contribution in [1.29, 1.82) is 0 Å². The fourth-order valence-electron chi connectivity index (χ4n) is 1.32. The minimum Gasteiger partial charge on any atom is -0.294 e. The molecule has 0 aromatic heterocycles. The highest BCUT2D eigenvalue weighted by molar-refractivity contribution is 6.00. The molecular formula is C9H7O. The van der Waals surface area contributed by atoms with Crippen LogP contribution in [0.25, 0.3) is 0 Å². The van der Waals surface area contributed by atoms with Gasteiger partial charge in [0.05, 0.1) is 0 Å². The second kappa shape index (κ2) is 1.94. The number of aryl methyl sites for hydroxylation is 1. The van der Waals surface area contributed by atoms with Gasteiger partial charge in [-0.3, -0.25) is 4.79 Å². The number of carbonyl (C=O) groups is 1. The van der Waals surface area contributed by atoms with Crippen molar-refractivity contribution in [3.8, 4) is 0 Å². The lowest BCUT2D eigenvalue weighted by Crippen LogP contribution is -1.89. The number of carbonyl (C=O) groups excluding carboxylic acids is 1. The van der Waals surface area contributed by atoms with E-state index < -0.39 is 0 Å². The minimum absolute atomic E-state index is 0.270. The predicted octanol–water partition coefficient (Wildman–Crippen LogP) is 1.62. The van der Waals surface area contributed by atoms with Crippen molar-refractivity contribution in [1.82, 2.24) is 0 Å². The molecule has 1 aromatic rings. The number of fused-ring (bicyclic) bond motifs is 1. The monoisotopic (exact) mass is 131 g/mol. The Labute approximate surface area is 59.7 Å². The molecule has 1 nitrogen and oxygen atoms in total. The highest BCUT2D eigenvalue weighted by Gasteiger charge is 2.17. The summed E-state index contributed by atoms with van der Waals surface area (Å²) in [6.45, 7) is 0. The molecule has 1 aliphatic carbocycles. The standard InChI is InChI=1S/C9H7O/c10-9-6-5-7-3-1-2-4-8(7)9/h1,3-4H,5-6H2. The van der Waals surface area contributed by atoms with Gasteiger partial charge in [-0.1, -0.05) is 12.1 Å². The zero-order chi connectivity index (χ0) is 6.97. The molecule has 1 radical (unpaired) electrons. The number of rotatable bonds is 0. The van der Waals surface area contributed by atoms with Gasteiger partial charge in [0, 0.05) is 12.0 Å². The summed E-state index contributed by atoms with van der Waals surface area (Å²) in [5.41, 5.74) is 2.06. The molecule has 0 saturated carbocycles. The van der Waals surface area contributed by atoms with Gasteiger partial charge in [-0.05, 0) is 24.1 Å². The minimum atomic E-state index is 0.270. The number of hydrogen-bond donors (Lipinski definition) is 0. The SMILES string of the molecule is O=C1CCc2cc[c]cc21. The topological polar surface area (TPSA) is 17.1 Å². The Morgan fingerprint density at radius 2 is 2.30 bits per heavy atom.